The Morgan fingerprint density at radius 1 is 0.931 bits per heavy atom. The van der Waals surface area contributed by atoms with Gasteiger partial charge in [0.15, 0.2) is 0 Å². The molecule has 1 amide bonds. The average Bonchev–Trinajstić information content (AvgIpc) is 2.70. The highest BCUT2D eigenvalue weighted by Crippen LogP contribution is 2.33. The fourth-order valence-electron chi connectivity index (χ4n) is 3.41. The van der Waals surface area contributed by atoms with Crippen molar-refractivity contribution in [1.82, 2.24) is 10.2 Å². The molecule has 1 heterocycles. The van der Waals surface area contributed by atoms with Crippen LogP contribution in [-0.4, -0.2) is 16.1 Å². The van der Waals surface area contributed by atoms with Crippen LogP contribution in [0.3, 0.4) is 0 Å². The van der Waals surface area contributed by atoms with Crippen LogP contribution in [0.4, 0.5) is 0 Å². The van der Waals surface area contributed by atoms with Gasteiger partial charge < -0.3 is 10.5 Å². The van der Waals surface area contributed by atoms with Crippen molar-refractivity contribution < 1.29 is 9.53 Å². The Labute approximate surface area is 169 Å². The van der Waals surface area contributed by atoms with Gasteiger partial charge in [-0.2, -0.15) is 5.10 Å². The number of hydrogen-bond acceptors (Lipinski definition) is 4. The van der Waals surface area contributed by atoms with Gasteiger partial charge in [-0.05, 0) is 73.4 Å². The predicted molar refractivity (Wildman–Crippen MR) is 114 cm³/mol. The molecule has 0 radical (unpaired) electrons. The number of rotatable bonds is 4. The largest absolute Gasteiger partial charge is 0.437 e. The Kier molecular flexibility index (Phi) is 4.72. The smallest absolute Gasteiger partial charge is 0.248 e. The summed E-state index contributed by atoms with van der Waals surface area (Å²) in [5.74, 6) is 0.775. The number of nitrogens with zero attached hydrogens (tertiary/aromatic N) is 2. The lowest BCUT2D eigenvalue weighted by molar-refractivity contribution is 0.100. The Bertz CT molecular complexity index is 1250. The number of benzene rings is 3. The van der Waals surface area contributed by atoms with Gasteiger partial charge in [-0.3, -0.25) is 4.79 Å². The van der Waals surface area contributed by atoms with Crippen molar-refractivity contribution in [1.29, 1.82) is 0 Å². The second-order valence-corrected chi connectivity index (χ2v) is 7.22. The minimum absolute atomic E-state index is 0.443. The van der Waals surface area contributed by atoms with E-state index in [9.17, 15) is 4.79 Å². The molecule has 5 heteroatoms. The van der Waals surface area contributed by atoms with Crippen molar-refractivity contribution in [2.24, 2.45) is 5.73 Å². The molecule has 29 heavy (non-hydrogen) atoms. The van der Waals surface area contributed by atoms with Crippen molar-refractivity contribution in [3.8, 4) is 22.8 Å². The number of nitrogens with two attached hydrogens (primary N) is 1. The highest BCUT2D eigenvalue weighted by molar-refractivity contribution is 5.95. The van der Waals surface area contributed by atoms with Crippen molar-refractivity contribution in [3.05, 3.63) is 83.0 Å². The minimum atomic E-state index is -0.443. The Morgan fingerprint density at radius 3 is 2.52 bits per heavy atom. The van der Waals surface area contributed by atoms with Gasteiger partial charge in [0.25, 0.3) is 0 Å². The second kappa shape index (κ2) is 7.36. The molecule has 0 bridgehead atoms. The van der Waals surface area contributed by atoms with E-state index in [1.54, 1.807) is 12.3 Å². The van der Waals surface area contributed by atoms with Crippen LogP contribution in [0.15, 0.2) is 60.8 Å². The number of amides is 1. The van der Waals surface area contributed by atoms with Crippen LogP contribution < -0.4 is 10.5 Å². The third-order valence-electron chi connectivity index (χ3n) is 5.00. The first kappa shape index (κ1) is 18.6. The standard InChI is InChI=1S/C24H21N3O2/c1-14-4-9-22(16(3)10-14)29-24-20-8-7-17(11-19(20)13-26-27-24)21-12-18(23(25)28)6-5-15(21)2/h4-13H,1-3H3,(H2,25,28). The molecule has 4 rings (SSSR count). The summed E-state index contributed by atoms with van der Waals surface area (Å²) in [5, 5.41) is 10.1. The molecular formula is C24H21N3O2. The van der Waals surface area contributed by atoms with E-state index >= 15 is 0 Å². The van der Waals surface area contributed by atoms with Gasteiger partial charge in [0.1, 0.15) is 5.75 Å². The number of primary amides is 1. The maximum absolute atomic E-state index is 11.6. The van der Waals surface area contributed by atoms with E-state index in [4.69, 9.17) is 10.5 Å². The SMILES string of the molecule is Cc1ccc(Oc2nncc3cc(-c4cc(C(N)=O)ccc4C)ccc23)c(C)c1. The number of hydrogen-bond donors (Lipinski definition) is 1. The number of carbonyl (C=O) groups is 1. The Hall–Kier alpha value is -3.73. The molecule has 0 aliphatic carbocycles. The van der Waals surface area contributed by atoms with Gasteiger partial charge in [0.05, 0.1) is 6.20 Å². The van der Waals surface area contributed by atoms with Gasteiger partial charge in [-0.15, -0.1) is 5.10 Å². The number of fused-ring (bicyclic) bond motifs is 1. The molecule has 144 valence electrons. The topological polar surface area (TPSA) is 78.1 Å². The zero-order valence-electron chi connectivity index (χ0n) is 16.6. The fourth-order valence-corrected chi connectivity index (χ4v) is 3.41. The second-order valence-electron chi connectivity index (χ2n) is 7.22. The van der Waals surface area contributed by atoms with Crippen molar-refractivity contribution >= 4 is 16.7 Å². The van der Waals surface area contributed by atoms with Gasteiger partial charge in [0, 0.05) is 16.3 Å². The molecule has 0 atom stereocenters. The van der Waals surface area contributed by atoms with E-state index < -0.39 is 5.91 Å². The lowest BCUT2D eigenvalue weighted by Gasteiger charge is -2.12. The van der Waals surface area contributed by atoms with E-state index in [0.717, 1.165) is 38.8 Å². The fraction of sp³-hybridized carbons (Fsp3) is 0.125. The summed E-state index contributed by atoms with van der Waals surface area (Å²) in [6.07, 6.45) is 1.71. The lowest BCUT2D eigenvalue weighted by Crippen LogP contribution is -2.10. The molecule has 0 aliphatic rings. The highest BCUT2D eigenvalue weighted by Gasteiger charge is 2.11. The minimum Gasteiger partial charge on any atom is -0.437 e. The van der Waals surface area contributed by atoms with E-state index in [0.29, 0.717) is 11.4 Å². The number of ether oxygens (including phenoxy) is 1. The molecule has 4 aromatic rings. The average molecular weight is 383 g/mol. The van der Waals surface area contributed by atoms with Gasteiger partial charge in [-0.25, -0.2) is 0 Å². The number of aryl methyl sites for hydroxylation is 3. The molecule has 0 aliphatic heterocycles. The highest BCUT2D eigenvalue weighted by atomic mass is 16.5. The Morgan fingerprint density at radius 2 is 1.76 bits per heavy atom. The molecule has 0 fully saturated rings. The summed E-state index contributed by atoms with van der Waals surface area (Å²) < 4.78 is 6.06. The maximum Gasteiger partial charge on any atom is 0.248 e. The van der Waals surface area contributed by atoms with Crippen LogP contribution >= 0.6 is 0 Å². The normalized spacial score (nSPS) is 10.9. The summed E-state index contributed by atoms with van der Waals surface area (Å²) >= 11 is 0. The Balaban J connectivity index is 1.77. The van der Waals surface area contributed by atoms with E-state index in [1.807, 2.05) is 63.2 Å². The number of aromatic nitrogens is 2. The van der Waals surface area contributed by atoms with Crippen LogP contribution in [0.5, 0.6) is 11.6 Å². The monoisotopic (exact) mass is 383 g/mol. The molecule has 1 aromatic heterocycles. The zero-order valence-corrected chi connectivity index (χ0v) is 16.6. The predicted octanol–water partition coefficient (Wildman–Crippen LogP) is 5.11. The van der Waals surface area contributed by atoms with Crippen LogP contribution in [0, 0.1) is 20.8 Å². The summed E-state index contributed by atoms with van der Waals surface area (Å²) in [5.41, 5.74) is 11.1. The molecule has 0 spiro atoms. The summed E-state index contributed by atoms with van der Waals surface area (Å²) in [7, 11) is 0. The molecule has 3 aromatic carbocycles. The quantitative estimate of drug-likeness (QED) is 0.531. The molecule has 0 saturated heterocycles. The third kappa shape index (κ3) is 3.67. The van der Waals surface area contributed by atoms with Crippen molar-refractivity contribution in [3.63, 3.8) is 0 Å². The van der Waals surface area contributed by atoms with Crippen molar-refractivity contribution in [2.75, 3.05) is 0 Å². The van der Waals surface area contributed by atoms with Crippen LogP contribution in [0.25, 0.3) is 21.9 Å². The van der Waals surface area contributed by atoms with E-state index in [2.05, 4.69) is 16.3 Å². The maximum atomic E-state index is 11.6. The van der Waals surface area contributed by atoms with Crippen LogP contribution in [0.1, 0.15) is 27.0 Å². The molecule has 2 N–H and O–H groups in total. The van der Waals surface area contributed by atoms with Gasteiger partial charge in [-0.1, -0.05) is 29.8 Å². The summed E-state index contributed by atoms with van der Waals surface area (Å²) in [4.78, 5) is 11.6. The van der Waals surface area contributed by atoms with E-state index in [-0.39, 0.29) is 0 Å². The molecule has 0 saturated carbocycles. The zero-order chi connectivity index (χ0) is 20.5. The third-order valence-corrected chi connectivity index (χ3v) is 5.00. The summed E-state index contributed by atoms with van der Waals surface area (Å²) in [6.45, 7) is 6.06. The first-order chi connectivity index (χ1) is 13.9. The van der Waals surface area contributed by atoms with Crippen LogP contribution in [0.2, 0.25) is 0 Å². The van der Waals surface area contributed by atoms with Crippen LogP contribution in [-0.2, 0) is 0 Å². The van der Waals surface area contributed by atoms with Gasteiger partial charge >= 0.3 is 0 Å². The first-order valence-electron chi connectivity index (χ1n) is 9.34. The summed E-state index contributed by atoms with van der Waals surface area (Å²) in [6, 6.07) is 17.5. The molecular weight excluding hydrogens is 362 g/mol. The molecule has 0 unspecified atom stereocenters. The molecule has 5 nitrogen and oxygen atoms in total. The van der Waals surface area contributed by atoms with E-state index in [1.165, 1.54) is 5.56 Å². The number of carbonyl (C=O) groups excluding carboxylic acids is 1. The van der Waals surface area contributed by atoms with Gasteiger partial charge in [0.2, 0.25) is 11.8 Å². The van der Waals surface area contributed by atoms with Crippen molar-refractivity contribution in [2.45, 2.75) is 20.8 Å². The lowest BCUT2D eigenvalue weighted by atomic mass is 9.96. The first-order valence-corrected chi connectivity index (χ1v) is 9.34.